The normalized spacial score (nSPS) is 17.5. The molecule has 2 rings (SSSR count). The van der Waals surface area contributed by atoms with Crippen LogP contribution in [0.25, 0.3) is 0 Å². The van der Waals surface area contributed by atoms with Crippen molar-refractivity contribution in [3.8, 4) is 0 Å². The van der Waals surface area contributed by atoms with Crippen LogP contribution >= 0.6 is 0 Å². The number of hydrogen-bond acceptors (Lipinski definition) is 2. The van der Waals surface area contributed by atoms with Gasteiger partial charge in [-0.2, -0.15) is 0 Å². The lowest BCUT2D eigenvalue weighted by Gasteiger charge is -2.31. The number of carboxylic acid groups (broad SMARTS) is 1. The van der Waals surface area contributed by atoms with Crippen molar-refractivity contribution >= 4 is 11.9 Å². The summed E-state index contributed by atoms with van der Waals surface area (Å²) in [5.41, 5.74) is 0.809. The molecule has 0 aliphatic carbocycles. The SMILES string of the molecule is C[C@H](CC(=O)N1CCC(C(=O)O)CC1)c1cccc(F)c1. The van der Waals surface area contributed by atoms with Gasteiger partial charge in [-0.25, -0.2) is 4.39 Å². The highest BCUT2D eigenvalue weighted by Gasteiger charge is 2.27. The minimum absolute atomic E-state index is 0.00981. The lowest BCUT2D eigenvalue weighted by Crippen LogP contribution is -2.40. The van der Waals surface area contributed by atoms with Gasteiger partial charge in [-0.15, -0.1) is 0 Å². The van der Waals surface area contributed by atoms with Crippen LogP contribution in [0, 0.1) is 11.7 Å². The lowest BCUT2D eigenvalue weighted by molar-refractivity contribution is -0.145. The largest absolute Gasteiger partial charge is 0.481 e. The van der Waals surface area contributed by atoms with Gasteiger partial charge in [0.05, 0.1) is 5.92 Å². The standard InChI is InChI=1S/C16H20FNO3/c1-11(13-3-2-4-14(17)10-13)9-15(19)18-7-5-12(6-8-18)16(20)21/h2-4,10-12H,5-9H2,1H3,(H,20,21)/t11-/m1/s1. The molecule has 0 spiro atoms. The summed E-state index contributed by atoms with van der Waals surface area (Å²) in [7, 11) is 0. The second kappa shape index (κ2) is 6.70. The highest BCUT2D eigenvalue weighted by atomic mass is 19.1. The summed E-state index contributed by atoms with van der Waals surface area (Å²) in [4.78, 5) is 24.8. The van der Waals surface area contributed by atoms with E-state index in [1.807, 2.05) is 13.0 Å². The number of hydrogen-bond donors (Lipinski definition) is 1. The molecule has 0 bridgehead atoms. The first-order valence-corrected chi connectivity index (χ1v) is 7.23. The summed E-state index contributed by atoms with van der Waals surface area (Å²) in [5.74, 6) is -1.46. The number of rotatable bonds is 4. The fraction of sp³-hybridized carbons (Fsp3) is 0.500. The van der Waals surface area contributed by atoms with Crippen molar-refractivity contribution in [1.29, 1.82) is 0 Å². The van der Waals surface area contributed by atoms with Crippen LogP contribution in [0.5, 0.6) is 0 Å². The predicted octanol–water partition coefficient (Wildman–Crippen LogP) is 2.64. The summed E-state index contributed by atoms with van der Waals surface area (Å²) in [6.07, 6.45) is 1.34. The van der Waals surface area contributed by atoms with Gasteiger partial charge < -0.3 is 10.0 Å². The van der Waals surface area contributed by atoms with Crippen molar-refractivity contribution in [2.75, 3.05) is 13.1 Å². The van der Waals surface area contributed by atoms with E-state index < -0.39 is 5.97 Å². The monoisotopic (exact) mass is 293 g/mol. The Bertz CT molecular complexity index is 524. The molecule has 1 heterocycles. The Morgan fingerprint density at radius 2 is 2.05 bits per heavy atom. The maximum absolute atomic E-state index is 13.2. The summed E-state index contributed by atoms with van der Waals surface area (Å²) in [5, 5.41) is 8.94. The number of nitrogens with zero attached hydrogens (tertiary/aromatic N) is 1. The number of aliphatic carboxylic acids is 1. The first kappa shape index (κ1) is 15.5. The molecule has 0 unspecified atom stereocenters. The van der Waals surface area contributed by atoms with Crippen molar-refractivity contribution in [3.05, 3.63) is 35.6 Å². The number of carbonyl (C=O) groups is 2. The van der Waals surface area contributed by atoms with Crippen LogP contribution in [0.4, 0.5) is 4.39 Å². The van der Waals surface area contributed by atoms with Crippen LogP contribution in [0.2, 0.25) is 0 Å². The zero-order chi connectivity index (χ0) is 15.4. The molecule has 21 heavy (non-hydrogen) atoms. The molecular formula is C16H20FNO3. The summed E-state index contributed by atoms with van der Waals surface area (Å²) < 4.78 is 13.2. The summed E-state index contributed by atoms with van der Waals surface area (Å²) >= 11 is 0. The Labute approximate surface area is 123 Å². The molecule has 0 radical (unpaired) electrons. The number of amides is 1. The van der Waals surface area contributed by atoms with Crippen molar-refractivity contribution in [2.24, 2.45) is 5.92 Å². The zero-order valence-electron chi connectivity index (χ0n) is 12.1. The third-order valence-corrected chi connectivity index (χ3v) is 4.10. The molecule has 1 aromatic rings. The lowest BCUT2D eigenvalue weighted by atomic mass is 9.94. The van der Waals surface area contributed by atoms with Crippen LogP contribution < -0.4 is 0 Å². The maximum atomic E-state index is 13.2. The quantitative estimate of drug-likeness (QED) is 0.928. The highest BCUT2D eigenvalue weighted by Crippen LogP contribution is 2.23. The Kier molecular flexibility index (Phi) is 4.94. The molecule has 1 aliphatic rings. The van der Waals surface area contributed by atoms with E-state index in [1.54, 1.807) is 11.0 Å². The third-order valence-electron chi connectivity index (χ3n) is 4.10. The van der Waals surface area contributed by atoms with Gasteiger partial charge in [0.25, 0.3) is 0 Å². The fourth-order valence-electron chi connectivity index (χ4n) is 2.70. The number of benzene rings is 1. The molecule has 1 atom stereocenters. The molecule has 0 saturated carbocycles. The molecular weight excluding hydrogens is 273 g/mol. The van der Waals surface area contributed by atoms with Gasteiger partial charge in [0.15, 0.2) is 0 Å². The van der Waals surface area contributed by atoms with Crippen LogP contribution in [-0.2, 0) is 9.59 Å². The minimum atomic E-state index is -0.782. The second-order valence-electron chi connectivity index (χ2n) is 5.65. The van der Waals surface area contributed by atoms with E-state index in [1.165, 1.54) is 12.1 Å². The molecule has 114 valence electrons. The van der Waals surface area contributed by atoms with Crippen LogP contribution in [0.1, 0.15) is 37.7 Å². The third kappa shape index (κ3) is 4.03. The van der Waals surface area contributed by atoms with Gasteiger partial charge in [0.2, 0.25) is 5.91 Å². The van der Waals surface area contributed by atoms with Gasteiger partial charge in [0, 0.05) is 19.5 Å². The highest BCUT2D eigenvalue weighted by molar-refractivity contribution is 5.77. The Hall–Kier alpha value is -1.91. The van der Waals surface area contributed by atoms with E-state index in [2.05, 4.69) is 0 Å². The van der Waals surface area contributed by atoms with Gasteiger partial charge in [-0.3, -0.25) is 9.59 Å². The van der Waals surface area contributed by atoms with E-state index in [4.69, 9.17) is 5.11 Å². The number of likely N-dealkylation sites (tertiary alicyclic amines) is 1. The van der Waals surface area contributed by atoms with Crippen LogP contribution in [0.15, 0.2) is 24.3 Å². The van der Waals surface area contributed by atoms with E-state index in [9.17, 15) is 14.0 Å². The first-order chi connectivity index (χ1) is 9.97. The molecule has 1 aliphatic heterocycles. The molecule has 1 saturated heterocycles. The maximum Gasteiger partial charge on any atom is 0.306 e. The van der Waals surface area contributed by atoms with E-state index >= 15 is 0 Å². The van der Waals surface area contributed by atoms with Gasteiger partial charge in [0.1, 0.15) is 5.82 Å². The number of piperidine rings is 1. The van der Waals surface area contributed by atoms with Gasteiger partial charge in [-0.1, -0.05) is 19.1 Å². The number of carbonyl (C=O) groups excluding carboxylic acids is 1. The van der Waals surface area contributed by atoms with Crippen LogP contribution in [0.3, 0.4) is 0 Å². The first-order valence-electron chi connectivity index (χ1n) is 7.23. The molecule has 1 aromatic carbocycles. The molecule has 1 amide bonds. The second-order valence-corrected chi connectivity index (χ2v) is 5.65. The Morgan fingerprint density at radius 1 is 1.38 bits per heavy atom. The molecule has 1 N–H and O–H groups in total. The molecule has 1 fully saturated rings. The van der Waals surface area contributed by atoms with E-state index in [0.29, 0.717) is 32.4 Å². The zero-order valence-corrected chi connectivity index (χ0v) is 12.1. The van der Waals surface area contributed by atoms with Gasteiger partial charge >= 0.3 is 5.97 Å². The van der Waals surface area contributed by atoms with Gasteiger partial charge in [-0.05, 0) is 36.5 Å². The van der Waals surface area contributed by atoms with Crippen molar-refractivity contribution in [1.82, 2.24) is 4.90 Å². The average molecular weight is 293 g/mol. The van der Waals surface area contributed by atoms with E-state index in [-0.39, 0.29) is 23.6 Å². The predicted molar refractivity (Wildman–Crippen MR) is 76.4 cm³/mol. The topological polar surface area (TPSA) is 57.6 Å². The number of halogens is 1. The molecule has 4 nitrogen and oxygen atoms in total. The average Bonchev–Trinajstić information content (AvgIpc) is 2.47. The molecule has 0 aromatic heterocycles. The summed E-state index contributed by atoms with van der Waals surface area (Å²) in [6.45, 7) is 2.88. The van der Waals surface area contributed by atoms with Crippen molar-refractivity contribution in [2.45, 2.75) is 32.1 Å². The fourth-order valence-corrected chi connectivity index (χ4v) is 2.70. The van der Waals surface area contributed by atoms with Crippen LogP contribution in [-0.4, -0.2) is 35.0 Å². The Morgan fingerprint density at radius 3 is 2.62 bits per heavy atom. The molecule has 5 heteroatoms. The minimum Gasteiger partial charge on any atom is -0.481 e. The smallest absolute Gasteiger partial charge is 0.306 e. The van der Waals surface area contributed by atoms with Crippen molar-refractivity contribution < 1.29 is 19.1 Å². The van der Waals surface area contributed by atoms with Crippen molar-refractivity contribution in [3.63, 3.8) is 0 Å². The number of carboxylic acids is 1. The summed E-state index contributed by atoms with van der Waals surface area (Å²) in [6, 6.07) is 6.30. The van der Waals surface area contributed by atoms with E-state index in [0.717, 1.165) is 5.56 Å². The Balaban J connectivity index is 1.89.